The highest BCUT2D eigenvalue weighted by atomic mass is 16.8. The Labute approximate surface area is 770 Å². The van der Waals surface area contributed by atoms with Gasteiger partial charge in [-0.1, -0.05) is 0 Å². The fourth-order valence-electron chi connectivity index (χ4n) is 17.8. The van der Waals surface area contributed by atoms with Gasteiger partial charge in [-0.15, -0.1) is 0 Å². The molecule has 786 valence electrons. The molecule has 34 N–H and O–H groups in total. The minimum Gasteiger partial charge on any atom is -0.394 e. The largest absolute Gasteiger partial charge is 0.394 e. The summed E-state index contributed by atoms with van der Waals surface area (Å²) in [6.07, 6.45) is -107. The van der Waals surface area contributed by atoms with E-state index >= 15 is 0 Å². The van der Waals surface area contributed by atoms with Gasteiger partial charge in [-0.25, -0.2) is 0 Å². The monoisotopic (exact) mass is 1990 g/mol. The van der Waals surface area contributed by atoms with Crippen LogP contribution in [0.4, 0.5) is 0 Å². The number of nitrogens with one attached hydrogen (secondary N) is 5. The number of amides is 5. The summed E-state index contributed by atoms with van der Waals surface area (Å²) in [5.41, 5.74) is 0. The smallest absolute Gasteiger partial charge is 0.217 e. The Morgan fingerprint density at radius 3 is 0.846 bits per heavy atom. The van der Waals surface area contributed by atoms with Gasteiger partial charge in [-0.2, -0.15) is 0 Å². The summed E-state index contributed by atoms with van der Waals surface area (Å²) in [5, 5.41) is 340. The van der Waals surface area contributed by atoms with Crippen LogP contribution in [0.25, 0.3) is 0 Å². The average Bonchev–Trinajstić information content (AvgIpc) is 0.764. The summed E-state index contributed by atoms with van der Waals surface area (Å²) in [6, 6.07) is -9.73. The number of aliphatic hydroxyl groups is 29. The van der Waals surface area contributed by atoms with Crippen molar-refractivity contribution in [2.75, 3.05) is 66.1 Å². The summed E-state index contributed by atoms with van der Waals surface area (Å²) in [5.74, 6) is -4.79. The van der Waals surface area contributed by atoms with Gasteiger partial charge >= 0.3 is 0 Å². The highest BCUT2D eigenvalue weighted by Crippen LogP contribution is 2.42. The van der Waals surface area contributed by atoms with Gasteiger partial charge in [0.1, 0.15) is 262 Å². The first-order valence-electron chi connectivity index (χ1n) is 43.5. The molecular formula is C76H127N5O55. The molecule has 11 saturated heterocycles. The van der Waals surface area contributed by atoms with Crippen LogP contribution in [-0.2, 0) is 123 Å². The molecule has 0 aromatic rings. The molecule has 60 heteroatoms. The molecule has 0 bridgehead atoms. The highest BCUT2D eigenvalue weighted by Gasteiger charge is 2.63. The SMILES string of the molecule is CC(=O)N[C@@H]1[C@@H](O)[C@H](O[C@@H]2O[C@H](CO)[C@@H](O[C@@H]3O[C@H](CO[C@H]4O[C@H](CO)[C@@H](O)[C@H](O)[C@@H]4O[C@@H]4O[C@H](CO)[C@@H](O[C@@H]5O[C@H](CO)[C@H](O)[C@H](O)[C@H]5O[C@@H]5O[C@@H](C)[C@@H](O)[C@@H](O)[C@@H]5O)[C@H](O)[C@H]4NC(C)=O)[C@@H](O)[C@H](O[C@H]4O[C@H](CO)[C@@H](O[C@@H]5O[C@H](CO)[C@@H](O[C@@H]6O[C@H](CO)[C@H](O)[C@H](O)[C@H]6O)[C@H](O)[C@H]5NC(C)=O)[C@H](O)[C@@H]4O[C@@H]4O[C@H](CO)[C@@H](O)[C@H](O)[C@H]4NC(C)=O)[C@@H]3O)[C@H](O)[C@H]2NC(C)=O)[C@@H](CO)O[C@H]1O. The predicted molar refractivity (Wildman–Crippen MR) is 419 cm³/mol. The maximum absolute atomic E-state index is 13.2. The Morgan fingerprint density at radius 1 is 0.206 bits per heavy atom. The van der Waals surface area contributed by atoms with Crippen molar-refractivity contribution >= 4 is 29.5 Å². The molecule has 11 aliphatic rings. The van der Waals surface area contributed by atoms with Gasteiger partial charge in [0, 0.05) is 34.6 Å². The number of ether oxygens (including phenoxy) is 21. The molecule has 0 radical (unpaired) electrons. The minimum absolute atomic E-state index is 0.822. The number of carbonyl (C=O) groups excluding carboxylic acids is 5. The third-order valence-electron chi connectivity index (χ3n) is 25.0. The molecule has 0 aromatic heterocycles. The molecule has 11 fully saturated rings. The van der Waals surface area contributed by atoms with E-state index in [1.165, 1.54) is 6.92 Å². The van der Waals surface area contributed by atoms with Crippen molar-refractivity contribution in [3.8, 4) is 0 Å². The summed E-state index contributed by atoms with van der Waals surface area (Å²) in [7, 11) is 0. The maximum atomic E-state index is 13.2. The topological polar surface area (TPSA) is 926 Å². The Bertz CT molecular complexity index is 3760. The predicted octanol–water partition coefficient (Wildman–Crippen LogP) is -23.2. The quantitative estimate of drug-likeness (QED) is 0.0280. The zero-order valence-electron chi connectivity index (χ0n) is 73.4. The van der Waals surface area contributed by atoms with Crippen LogP contribution in [0.15, 0.2) is 0 Å². The Balaban J connectivity index is 0.952. The van der Waals surface area contributed by atoms with E-state index in [9.17, 15) is 172 Å². The van der Waals surface area contributed by atoms with Gasteiger partial charge in [0.05, 0.1) is 72.2 Å². The number of aliphatic hydroxyl groups excluding tert-OH is 29. The van der Waals surface area contributed by atoms with Crippen molar-refractivity contribution in [2.24, 2.45) is 0 Å². The van der Waals surface area contributed by atoms with E-state index in [1.54, 1.807) is 0 Å². The van der Waals surface area contributed by atoms with E-state index in [2.05, 4.69) is 26.6 Å². The number of hydrogen-bond donors (Lipinski definition) is 34. The second-order valence-corrected chi connectivity index (χ2v) is 34.5. The lowest BCUT2D eigenvalue weighted by Gasteiger charge is -2.52. The molecule has 55 atom stereocenters. The van der Waals surface area contributed by atoms with Crippen molar-refractivity contribution < 1.29 is 272 Å². The average molecular weight is 1990 g/mol. The van der Waals surface area contributed by atoms with E-state index in [0.717, 1.165) is 34.6 Å². The highest BCUT2D eigenvalue weighted by molar-refractivity contribution is 5.75. The standard InChI is InChI=1S/C76H127N5O55/c1-17-38(96)49(107)53(111)71(117-17)136-64-52(110)42(100)26(10-85)122-75(64)132-60-30(14-89)125-70(37(48(60)106)81-22(6)95)134-63-51(109)41(99)25(9-84)121-74(63)116-16-32-43(101)62(56(114)73(127-32)131-59-29(13-88)123-68(35(47(59)105)79-20(4)93)128-57-27(11-86)118-66(115)33(45(57)103)77-18(2)91)133-76-65(135-67-34(78-19(3)92)44(102)39(97)23(7-82)119-67)55(113)61(31(15-90)126-76)129-69-36(80-21(5)94)46(104)58(28(12-87)124-69)130-72-54(112)50(108)40(98)24(8-83)120-72/h17,23-76,82-90,96-115H,7-16H2,1-6H3,(H,77,91)(H,78,92)(H,79,93)(H,80,94)(H,81,95)/t17-,23+,24+,25+,26+,27+,28+,29+,30+,31+,32+,33+,34+,35+,36+,37+,38+,39+,40-,41+,42-,43+,44+,45+,46+,47+,48+,49+,50-,51-,52-,53-,54+,55-,56-,57+,58+,59+,60+,61+,62-,63-,64+,65-,66+,67-,68-,69-,70-,71-,72-,73-,74-,75-,76+/m0/s1. The van der Waals surface area contributed by atoms with Gasteiger partial charge in [0.2, 0.25) is 29.5 Å². The van der Waals surface area contributed by atoms with E-state index in [1.807, 2.05) is 0 Å². The van der Waals surface area contributed by atoms with Crippen LogP contribution in [0.1, 0.15) is 41.5 Å². The van der Waals surface area contributed by atoms with Crippen molar-refractivity contribution in [1.29, 1.82) is 0 Å². The maximum Gasteiger partial charge on any atom is 0.217 e. The van der Waals surface area contributed by atoms with Crippen LogP contribution in [0.3, 0.4) is 0 Å². The van der Waals surface area contributed by atoms with Crippen molar-refractivity contribution in [1.82, 2.24) is 26.6 Å². The molecule has 0 aliphatic carbocycles. The van der Waals surface area contributed by atoms with E-state index < -0.39 is 433 Å². The van der Waals surface area contributed by atoms with Gasteiger partial charge in [-0.05, 0) is 6.92 Å². The molecule has 0 aromatic carbocycles. The van der Waals surface area contributed by atoms with Gasteiger partial charge in [0.15, 0.2) is 69.2 Å². The fourth-order valence-corrected chi connectivity index (χ4v) is 17.8. The molecule has 11 aliphatic heterocycles. The molecule has 136 heavy (non-hydrogen) atoms. The lowest BCUT2D eigenvalue weighted by molar-refractivity contribution is -0.405. The molecule has 11 heterocycles. The molecule has 11 rings (SSSR count). The van der Waals surface area contributed by atoms with E-state index in [4.69, 9.17) is 99.5 Å². The number of rotatable bonds is 35. The molecule has 0 saturated carbocycles. The zero-order chi connectivity index (χ0) is 100. The van der Waals surface area contributed by atoms with Crippen molar-refractivity contribution in [3.63, 3.8) is 0 Å². The summed E-state index contributed by atoms with van der Waals surface area (Å²) in [6.45, 7) is -5.88. The van der Waals surface area contributed by atoms with Crippen molar-refractivity contribution in [3.05, 3.63) is 0 Å². The third-order valence-corrected chi connectivity index (χ3v) is 25.0. The lowest BCUT2D eigenvalue weighted by atomic mass is 9.93. The second kappa shape index (κ2) is 48.8. The molecule has 60 nitrogen and oxygen atoms in total. The van der Waals surface area contributed by atoms with Crippen LogP contribution in [0, 0.1) is 0 Å². The van der Waals surface area contributed by atoms with E-state index in [-0.39, 0.29) is 0 Å². The molecular weight excluding hydrogens is 1860 g/mol. The Hall–Kier alpha value is -4.65. The lowest BCUT2D eigenvalue weighted by Crippen LogP contribution is -2.71. The second-order valence-electron chi connectivity index (χ2n) is 34.5. The fraction of sp³-hybridized carbons (Fsp3) is 0.934. The first-order chi connectivity index (χ1) is 64.3. The van der Waals surface area contributed by atoms with Crippen LogP contribution in [0.2, 0.25) is 0 Å². The first-order valence-corrected chi connectivity index (χ1v) is 43.5. The van der Waals surface area contributed by atoms with E-state index in [0.29, 0.717) is 0 Å². The number of carbonyl (C=O) groups is 5. The molecule has 0 unspecified atom stereocenters. The minimum atomic E-state index is -2.71. The van der Waals surface area contributed by atoms with Crippen LogP contribution >= 0.6 is 0 Å². The Morgan fingerprint density at radius 2 is 0.449 bits per heavy atom. The summed E-state index contributed by atoms with van der Waals surface area (Å²) >= 11 is 0. The van der Waals surface area contributed by atoms with Crippen LogP contribution < -0.4 is 26.6 Å². The van der Waals surface area contributed by atoms with Crippen LogP contribution in [0.5, 0.6) is 0 Å². The third kappa shape index (κ3) is 24.6. The van der Waals surface area contributed by atoms with Crippen molar-refractivity contribution in [2.45, 2.75) is 379 Å². The summed E-state index contributed by atoms with van der Waals surface area (Å²) < 4.78 is 127. The van der Waals surface area contributed by atoms with Gasteiger partial charge < -0.3 is 274 Å². The summed E-state index contributed by atoms with van der Waals surface area (Å²) in [4.78, 5) is 64.8. The van der Waals surface area contributed by atoms with Gasteiger partial charge in [-0.3, -0.25) is 24.0 Å². The molecule has 5 amide bonds. The normalized spacial score (nSPS) is 49.2. The van der Waals surface area contributed by atoms with Gasteiger partial charge in [0.25, 0.3) is 0 Å². The molecule has 0 spiro atoms. The first kappa shape index (κ1) is 112. The van der Waals surface area contributed by atoms with Crippen LogP contribution in [-0.4, -0.2) is 581 Å². The zero-order valence-corrected chi connectivity index (χ0v) is 73.4. The Kier molecular flexibility index (Phi) is 40.1. The number of hydrogen-bond acceptors (Lipinski definition) is 55.